The number of sulfone groups is 1. The van der Waals surface area contributed by atoms with Crippen LogP contribution in [0.3, 0.4) is 0 Å². The van der Waals surface area contributed by atoms with Gasteiger partial charge in [0, 0.05) is 6.54 Å². The zero-order chi connectivity index (χ0) is 11.5. The van der Waals surface area contributed by atoms with Crippen molar-refractivity contribution in [3.8, 4) is 0 Å². The zero-order valence-corrected chi connectivity index (χ0v) is 9.92. The SMILES string of the molecule is CC(C)CS(=O)(=O)c1ccc(CN)cc1. The molecular weight excluding hydrogens is 210 g/mol. The number of hydrogen-bond donors (Lipinski definition) is 1. The van der Waals surface area contributed by atoms with E-state index in [1.54, 1.807) is 24.3 Å². The largest absolute Gasteiger partial charge is 0.326 e. The molecule has 0 aliphatic rings. The first-order valence-corrected chi connectivity index (χ1v) is 6.62. The number of nitrogens with two attached hydrogens (primary N) is 1. The fourth-order valence-corrected chi connectivity index (χ4v) is 2.99. The molecule has 4 heteroatoms. The third-order valence-electron chi connectivity index (χ3n) is 2.07. The first-order valence-electron chi connectivity index (χ1n) is 4.97. The molecule has 1 aromatic rings. The molecule has 3 nitrogen and oxygen atoms in total. The van der Waals surface area contributed by atoms with Crippen molar-refractivity contribution in [2.75, 3.05) is 5.75 Å². The van der Waals surface area contributed by atoms with Gasteiger partial charge in [-0.3, -0.25) is 0 Å². The van der Waals surface area contributed by atoms with Gasteiger partial charge in [0.05, 0.1) is 10.6 Å². The summed E-state index contributed by atoms with van der Waals surface area (Å²) in [6, 6.07) is 6.76. The van der Waals surface area contributed by atoms with Crippen LogP contribution >= 0.6 is 0 Å². The van der Waals surface area contributed by atoms with Gasteiger partial charge in [-0.15, -0.1) is 0 Å². The quantitative estimate of drug-likeness (QED) is 0.849. The topological polar surface area (TPSA) is 60.2 Å². The van der Waals surface area contributed by atoms with Gasteiger partial charge in [-0.05, 0) is 23.6 Å². The molecule has 0 aliphatic carbocycles. The van der Waals surface area contributed by atoms with Gasteiger partial charge >= 0.3 is 0 Å². The van der Waals surface area contributed by atoms with E-state index in [1.165, 1.54) is 0 Å². The highest BCUT2D eigenvalue weighted by atomic mass is 32.2. The van der Waals surface area contributed by atoms with Crippen molar-refractivity contribution in [3.63, 3.8) is 0 Å². The molecule has 15 heavy (non-hydrogen) atoms. The van der Waals surface area contributed by atoms with Crippen molar-refractivity contribution in [3.05, 3.63) is 29.8 Å². The Morgan fingerprint density at radius 3 is 2.13 bits per heavy atom. The summed E-state index contributed by atoms with van der Waals surface area (Å²) in [6.45, 7) is 4.22. The molecule has 0 aromatic heterocycles. The van der Waals surface area contributed by atoms with Crippen LogP contribution in [0.1, 0.15) is 19.4 Å². The molecule has 2 N–H and O–H groups in total. The molecule has 1 rings (SSSR count). The van der Waals surface area contributed by atoms with Crippen LogP contribution in [0, 0.1) is 5.92 Å². The van der Waals surface area contributed by atoms with Crippen LogP contribution in [0.5, 0.6) is 0 Å². The monoisotopic (exact) mass is 227 g/mol. The summed E-state index contributed by atoms with van der Waals surface area (Å²) in [5.74, 6) is 0.332. The summed E-state index contributed by atoms with van der Waals surface area (Å²) < 4.78 is 23.6. The van der Waals surface area contributed by atoms with Gasteiger partial charge in [-0.2, -0.15) is 0 Å². The molecule has 0 aliphatic heterocycles. The van der Waals surface area contributed by atoms with Crippen LogP contribution in [0.15, 0.2) is 29.2 Å². The van der Waals surface area contributed by atoms with Gasteiger partial charge in [0.15, 0.2) is 9.84 Å². The predicted molar refractivity (Wildman–Crippen MR) is 61.2 cm³/mol. The van der Waals surface area contributed by atoms with Crippen molar-refractivity contribution in [1.82, 2.24) is 0 Å². The third-order valence-corrected chi connectivity index (χ3v) is 4.17. The Hall–Kier alpha value is -0.870. The fourth-order valence-electron chi connectivity index (χ4n) is 1.37. The lowest BCUT2D eigenvalue weighted by atomic mass is 10.2. The van der Waals surface area contributed by atoms with Crippen LogP contribution < -0.4 is 5.73 Å². The second kappa shape index (κ2) is 4.77. The van der Waals surface area contributed by atoms with Crippen molar-refractivity contribution in [2.24, 2.45) is 11.7 Å². The third kappa shape index (κ3) is 3.32. The standard InChI is InChI=1S/C11H17NO2S/c1-9(2)8-15(13,14)11-5-3-10(7-12)4-6-11/h3-6,9H,7-8,12H2,1-2H3. The molecule has 0 saturated carbocycles. The Labute approximate surface area is 91.2 Å². The van der Waals surface area contributed by atoms with E-state index in [9.17, 15) is 8.42 Å². The Kier molecular flexibility index (Phi) is 3.88. The molecule has 0 unspecified atom stereocenters. The van der Waals surface area contributed by atoms with E-state index in [0.29, 0.717) is 11.4 Å². The Balaban J connectivity index is 2.96. The van der Waals surface area contributed by atoms with E-state index in [-0.39, 0.29) is 11.7 Å². The molecule has 0 saturated heterocycles. The van der Waals surface area contributed by atoms with E-state index in [2.05, 4.69) is 0 Å². The lowest BCUT2D eigenvalue weighted by Gasteiger charge is -2.07. The second-order valence-electron chi connectivity index (χ2n) is 4.02. The van der Waals surface area contributed by atoms with Crippen molar-refractivity contribution < 1.29 is 8.42 Å². The van der Waals surface area contributed by atoms with E-state index in [1.807, 2.05) is 13.8 Å². The minimum absolute atomic E-state index is 0.143. The van der Waals surface area contributed by atoms with Crippen molar-refractivity contribution in [2.45, 2.75) is 25.3 Å². The molecule has 84 valence electrons. The van der Waals surface area contributed by atoms with E-state index >= 15 is 0 Å². The van der Waals surface area contributed by atoms with Gasteiger partial charge in [0.25, 0.3) is 0 Å². The predicted octanol–water partition coefficient (Wildman–Crippen LogP) is 1.58. The Bertz CT molecular complexity index is 407. The zero-order valence-electron chi connectivity index (χ0n) is 9.10. The maximum atomic E-state index is 11.8. The van der Waals surface area contributed by atoms with E-state index < -0.39 is 9.84 Å². The highest BCUT2D eigenvalue weighted by Crippen LogP contribution is 2.14. The molecule has 0 fully saturated rings. The van der Waals surface area contributed by atoms with Gasteiger partial charge < -0.3 is 5.73 Å². The van der Waals surface area contributed by atoms with Crippen LogP contribution in [0.25, 0.3) is 0 Å². The van der Waals surface area contributed by atoms with E-state index in [4.69, 9.17) is 5.73 Å². The summed E-state index contributed by atoms with van der Waals surface area (Å²) >= 11 is 0. The second-order valence-corrected chi connectivity index (χ2v) is 6.06. The summed E-state index contributed by atoms with van der Waals surface area (Å²) in [4.78, 5) is 0.383. The minimum Gasteiger partial charge on any atom is -0.326 e. The van der Waals surface area contributed by atoms with Crippen LogP contribution in [-0.4, -0.2) is 14.2 Å². The number of rotatable bonds is 4. The Morgan fingerprint density at radius 2 is 1.73 bits per heavy atom. The van der Waals surface area contributed by atoms with E-state index in [0.717, 1.165) is 5.56 Å². The van der Waals surface area contributed by atoms with Gasteiger partial charge in [-0.1, -0.05) is 26.0 Å². The Morgan fingerprint density at radius 1 is 1.20 bits per heavy atom. The summed E-state index contributed by atoms with van der Waals surface area (Å²) in [5.41, 5.74) is 6.38. The summed E-state index contributed by atoms with van der Waals surface area (Å²) in [5, 5.41) is 0. The van der Waals surface area contributed by atoms with Crippen LogP contribution in [0.4, 0.5) is 0 Å². The maximum Gasteiger partial charge on any atom is 0.178 e. The highest BCUT2D eigenvalue weighted by molar-refractivity contribution is 7.91. The molecule has 0 heterocycles. The molecule has 0 amide bonds. The van der Waals surface area contributed by atoms with Crippen LogP contribution in [-0.2, 0) is 16.4 Å². The minimum atomic E-state index is -3.13. The van der Waals surface area contributed by atoms with Crippen molar-refractivity contribution >= 4 is 9.84 Å². The molecular formula is C11H17NO2S. The summed E-state index contributed by atoms with van der Waals surface area (Å²) in [7, 11) is -3.13. The van der Waals surface area contributed by atoms with Gasteiger partial charge in [0.1, 0.15) is 0 Å². The average molecular weight is 227 g/mol. The lowest BCUT2D eigenvalue weighted by Crippen LogP contribution is -2.11. The lowest BCUT2D eigenvalue weighted by molar-refractivity contribution is 0.582. The van der Waals surface area contributed by atoms with Gasteiger partial charge in [0.2, 0.25) is 0 Å². The molecule has 0 spiro atoms. The smallest absolute Gasteiger partial charge is 0.178 e. The first-order chi connectivity index (χ1) is 6.95. The van der Waals surface area contributed by atoms with Crippen LogP contribution in [0.2, 0.25) is 0 Å². The highest BCUT2D eigenvalue weighted by Gasteiger charge is 2.15. The normalized spacial score (nSPS) is 12.0. The molecule has 0 radical (unpaired) electrons. The number of benzene rings is 1. The fraction of sp³-hybridized carbons (Fsp3) is 0.455. The molecule has 0 atom stereocenters. The first kappa shape index (κ1) is 12.2. The number of hydrogen-bond acceptors (Lipinski definition) is 3. The van der Waals surface area contributed by atoms with Crippen molar-refractivity contribution in [1.29, 1.82) is 0 Å². The maximum absolute atomic E-state index is 11.8. The molecule has 0 bridgehead atoms. The van der Waals surface area contributed by atoms with Gasteiger partial charge in [-0.25, -0.2) is 8.42 Å². The molecule has 1 aromatic carbocycles. The summed E-state index contributed by atoms with van der Waals surface area (Å²) in [6.07, 6.45) is 0. The average Bonchev–Trinajstić information content (AvgIpc) is 2.16.